The molecule has 41 heavy (non-hydrogen) atoms. The predicted molar refractivity (Wildman–Crippen MR) is 170 cm³/mol. The number of hydrogen-bond donors (Lipinski definition) is 1. The van der Waals surface area contributed by atoms with Crippen LogP contribution in [0.2, 0.25) is 10.0 Å². The van der Waals surface area contributed by atoms with E-state index in [0.717, 1.165) is 59.2 Å². The van der Waals surface area contributed by atoms with Gasteiger partial charge in [-0.15, -0.1) is 11.3 Å². The summed E-state index contributed by atoms with van der Waals surface area (Å²) in [7, 11) is 0. The number of aryl methyl sites for hydroxylation is 3. The van der Waals surface area contributed by atoms with Crippen LogP contribution in [0.15, 0.2) is 59.6 Å². The minimum atomic E-state index is -0.125. The summed E-state index contributed by atoms with van der Waals surface area (Å²) >= 11 is 14.3. The number of halogens is 2. The van der Waals surface area contributed by atoms with Crippen LogP contribution in [0.3, 0.4) is 0 Å². The van der Waals surface area contributed by atoms with Crippen LogP contribution < -0.4 is 14.8 Å². The highest BCUT2D eigenvalue weighted by atomic mass is 35.5. The number of fused-ring (bicyclic) bond motifs is 1. The molecule has 0 saturated heterocycles. The number of nitrogens with zero attached hydrogens (tertiary/aromatic N) is 1. The highest BCUT2D eigenvalue weighted by Gasteiger charge is 2.25. The average Bonchev–Trinajstić information content (AvgIpc) is 3.30. The lowest BCUT2D eigenvalue weighted by Gasteiger charge is -2.14. The first kappa shape index (κ1) is 29.2. The number of aliphatic imine (C=N–C) groups is 1. The lowest BCUT2D eigenvalue weighted by atomic mass is 9.95. The van der Waals surface area contributed by atoms with Crippen molar-refractivity contribution in [1.82, 2.24) is 0 Å². The number of carbonyl (C=O) groups is 1. The number of amides is 1. The Balaban J connectivity index is 1.42. The number of anilines is 1. The van der Waals surface area contributed by atoms with Gasteiger partial charge < -0.3 is 14.8 Å². The summed E-state index contributed by atoms with van der Waals surface area (Å²) in [5.41, 5.74) is 6.51. The summed E-state index contributed by atoms with van der Waals surface area (Å²) in [6.07, 6.45) is 5.79. The third kappa shape index (κ3) is 7.13. The second kappa shape index (κ2) is 13.1. The van der Waals surface area contributed by atoms with Gasteiger partial charge in [0, 0.05) is 21.8 Å². The summed E-state index contributed by atoms with van der Waals surface area (Å²) in [4.78, 5) is 19.7. The number of rotatable bonds is 9. The van der Waals surface area contributed by atoms with Gasteiger partial charge in [0.25, 0.3) is 5.91 Å². The molecule has 0 aliphatic heterocycles. The summed E-state index contributed by atoms with van der Waals surface area (Å²) in [5, 5.41) is 4.91. The Labute approximate surface area is 255 Å². The second-order valence-electron chi connectivity index (χ2n) is 10.2. The van der Waals surface area contributed by atoms with Crippen LogP contribution in [0, 0.1) is 13.8 Å². The molecule has 3 aromatic carbocycles. The lowest BCUT2D eigenvalue weighted by molar-refractivity contribution is 0.102. The van der Waals surface area contributed by atoms with Crippen LogP contribution in [0.1, 0.15) is 62.8 Å². The molecule has 5 nitrogen and oxygen atoms in total. The van der Waals surface area contributed by atoms with Gasteiger partial charge in [-0.25, -0.2) is 4.99 Å². The molecular weight excluding hydrogens is 575 g/mol. The van der Waals surface area contributed by atoms with Gasteiger partial charge in [-0.2, -0.15) is 0 Å². The van der Waals surface area contributed by atoms with Crippen LogP contribution >= 0.6 is 34.5 Å². The first-order chi connectivity index (χ1) is 19.8. The zero-order valence-corrected chi connectivity index (χ0v) is 25.7. The predicted octanol–water partition coefficient (Wildman–Crippen LogP) is 9.53. The van der Waals surface area contributed by atoms with E-state index in [1.54, 1.807) is 23.6 Å². The molecule has 0 atom stereocenters. The molecule has 212 valence electrons. The van der Waals surface area contributed by atoms with Gasteiger partial charge in [0.15, 0.2) is 11.5 Å². The molecule has 0 radical (unpaired) electrons. The molecule has 1 heterocycles. The fraction of sp³-hybridized carbons (Fsp3) is 0.273. The van der Waals surface area contributed by atoms with Crippen molar-refractivity contribution >= 4 is 57.3 Å². The molecule has 8 heteroatoms. The summed E-state index contributed by atoms with van der Waals surface area (Å²) in [6.45, 7) is 6.74. The van der Waals surface area contributed by atoms with Crippen molar-refractivity contribution in [2.75, 3.05) is 11.9 Å². The van der Waals surface area contributed by atoms with E-state index in [0.29, 0.717) is 45.3 Å². The van der Waals surface area contributed by atoms with Crippen LogP contribution in [0.4, 0.5) is 10.7 Å². The van der Waals surface area contributed by atoms with Crippen molar-refractivity contribution < 1.29 is 14.3 Å². The Kier molecular flexibility index (Phi) is 9.33. The zero-order valence-electron chi connectivity index (χ0n) is 23.4. The Morgan fingerprint density at radius 3 is 2.46 bits per heavy atom. The molecule has 0 spiro atoms. The normalized spacial score (nSPS) is 12.8. The largest absolute Gasteiger partial charge is 0.490 e. The molecule has 4 aromatic rings. The van der Waals surface area contributed by atoms with Crippen molar-refractivity contribution in [3.8, 4) is 11.5 Å². The standard InChI is InChI=1S/C33H32Cl2N2O3S/c1-4-39-28-17-23(16-27(35)31(28)40-19-22-9-11-24(34)12-10-22)18-36-33-30(26-7-5-6-8-29(26)41-33)32(38)37-25-14-20(2)13-21(3)15-25/h9-18H,4-8,19H2,1-3H3,(H,37,38). The van der Waals surface area contributed by atoms with E-state index in [9.17, 15) is 4.79 Å². The van der Waals surface area contributed by atoms with Crippen LogP contribution in [-0.4, -0.2) is 18.7 Å². The van der Waals surface area contributed by atoms with Crippen LogP contribution in [0.5, 0.6) is 11.5 Å². The highest BCUT2D eigenvalue weighted by molar-refractivity contribution is 7.16. The molecule has 1 aliphatic rings. The zero-order chi connectivity index (χ0) is 28.9. The molecule has 1 N–H and O–H groups in total. The minimum absolute atomic E-state index is 0.125. The maximum absolute atomic E-state index is 13.6. The van der Waals surface area contributed by atoms with E-state index in [4.69, 9.17) is 37.7 Å². The molecule has 0 saturated carbocycles. The minimum Gasteiger partial charge on any atom is -0.490 e. The molecule has 0 fully saturated rings. The molecule has 0 bridgehead atoms. The molecule has 1 aromatic heterocycles. The van der Waals surface area contributed by atoms with Crippen LogP contribution in [0.25, 0.3) is 0 Å². The van der Waals surface area contributed by atoms with Gasteiger partial charge in [-0.1, -0.05) is 41.4 Å². The molecule has 5 rings (SSSR count). The Bertz CT molecular complexity index is 1580. The quantitative estimate of drug-likeness (QED) is 0.193. The first-order valence-corrected chi connectivity index (χ1v) is 15.3. The van der Waals surface area contributed by atoms with E-state index in [1.165, 1.54) is 4.88 Å². The van der Waals surface area contributed by atoms with Gasteiger partial charge in [0.1, 0.15) is 11.6 Å². The fourth-order valence-corrected chi connectivity index (χ4v) is 6.68. The maximum Gasteiger partial charge on any atom is 0.259 e. The Morgan fingerprint density at radius 2 is 1.73 bits per heavy atom. The smallest absolute Gasteiger partial charge is 0.259 e. The Morgan fingerprint density at radius 1 is 1.00 bits per heavy atom. The number of thiophene rings is 1. The van der Waals surface area contributed by atoms with Gasteiger partial charge in [-0.3, -0.25) is 4.79 Å². The van der Waals surface area contributed by atoms with Crippen molar-refractivity contribution in [3.63, 3.8) is 0 Å². The van der Waals surface area contributed by atoms with E-state index < -0.39 is 0 Å². The number of hydrogen-bond acceptors (Lipinski definition) is 5. The van der Waals surface area contributed by atoms with E-state index in [1.807, 2.05) is 63.2 Å². The third-order valence-electron chi connectivity index (χ3n) is 6.82. The molecule has 1 aliphatic carbocycles. The topological polar surface area (TPSA) is 59.9 Å². The van der Waals surface area contributed by atoms with Gasteiger partial charge in [-0.05, 0) is 111 Å². The summed E-state index contributed by atoms with van der Waals surface area (Å²) < 4.78 is 11.9. The van der Waals surface area contributed by atoms with Crippen molar-refractivity contribution in [3.05, 3.63) is 103 Å². The third-order valence-corrected chi connectivity index (χ3v) is 8.55. The van der Waals surface area contributed by atoms with E-state index in [2.05, 4.69) is 11.4 Å². The average molecular weight is 608 g/mol. The van der Waals surface area contributed by atoms with Crippen molar-refractivity contribution in [2.45, 2.75) is 53.1 Å². The van der Waals surface area contributed by atoms with Crippen molar-refractivity contribution in [1.29, 1.82) is 0 Å². The number of nitrogens with one attached hydrogen (secondary N) is 1. The maximum atomic E-state index is 13.6. The number of ether oxygens (including phenoxy) is 2. The highest BCUT2D eigenvalue weighted by Crippen LogP contribution is 2.41. The van der Waals surface area contributed by atoms with Crippen molar-refractivity contribution in [2.24, 2.45) is 4.99 Å². The molecule has 0 unspecified atom stereocenters. The van der Waals surface area contributed by atoms with Crippen LogP contribution in [-0.2, 0) is 19.4 Å². The number of carbonyl (C=O) groups excluding carboxylic acids is 1. The van der Waals surface area contributed by atoms with Gasteiger partial charge in [0.2, 0.25) is 0 Å². The monoisotopic (exact) mass is 606 g/mol. The Hall–Kier alpha value is -3.32. The SMILES string of the molecule is CCOc1cc(C=Nc2sc3c(c2C(=O)Nc2cc(C)cc(C)c2)CCCC3)cc(Cl)c1OCc1ccc(Cl)cc1. The van der Waals surface area contributed by atoms with Gasteiger partial charge in [0.05, 0.1) is 17.2 Å². The van der Waals surface area contributed by atoms with Gasteiger partial charge >= 0.3 is 0 Å². The number of benzene rings is 3. The molecule has 1 amide bonds. The van der Waals surface area contributed by atoms with E-state index >= 15 is 0 Å². The summed E-state index contributed by atoms with van der Waals surface area (Å²) in [5.74, 6) is 0.884. The first-order valence-electron chi connectivity index (χ1n) is 13.7. The fourth-order valence-electron chi connectivity index (χ4n) is 5.05. The lowest BCUT2D eigenvalue weighted by Crippen LogP contribution is -2.15. The summed E-state index contributed by atoms with van der Waals surface area (Å²) in [6, 6.07) is 17.2. The second-order valence-corrected chi connectivity index (χ2v) is 12.1. The van der Waals surface area contributed by atoms with E-state index in [-0.39, 0.29) is 5.91 Å². The molecular formula is C33H32Cl2N2O3S.